The summed E-state index contributed by atoms with van der Waals surface area (Å²) in [5, 5.41) is 8.65. The monoisotopic (exact) mass is 251 g/mol. The lowest BCUT2D eigenvalue weighted by Crippen LogP contribution is -2.29. The summed E-state index contributed by atoms with van der Waals surface area (Å²) in [4.78, 5) is 24.5. The molecule has 4 heteroatoms. The van der Waals surface area contributed by atoms with Crippen LogP contribution in [0.4, 0.5) is 0 Å². The molecule has 4 nitrogen and oxygen atoms in total. The Morgan fingerprint density at radius 2 is 2.17 bits per heavy atom. The Morgan fingerprint density at radius 1 is 1.33 bits per heavy atom. The van der Waals surface area contributed by atoms with E-state index in [1.807, 2.05) is 4.90 Å². The molecular weight excluding hydrogens is 230 g/mol. The van der Waals surface area contributed by atoms with Crippen molar-refractivity contribution in [2.45, 2.75) is 38.5 Å². The molecule has 0 radical (unpaired) electrons. The SMILES string of the molecule is O=C(O)CCC1CCN(C(=O)CC2C=CCC2)C1. The molecule has 1 saturated heterocycles. The van der Waals surface area contributed by atoms with Gasteiger partial charge in [0, 0.05) is 25.9 Å². The molecule has 2 aliphatic rings. The number of likely N-dealkylation sites (tertiary alicyclic amines) is 1. The number of carbonyl (C=O) groups excluding carboxylic acids is 1. The maximum absolute atomic E-state index is 12.1. The summed E-state index contributed by atoms with van der Waals surface area (Å²) in [7, 11) is 0. The molecule has 18 heavy (non-hydrogen) atoms. The van der Waals surface area contributed by atoms with Gasteiger partial charge in [-0.1, -0.05) is 12.2 Å². The smallest absolute Gasteiger partial charge is 0.303 e. The van der Waals surface area contributed by atoms with Crippen molar-refractivity contribution >= 4 is 11.9 Å². The van der Waals surface area contributed by atoms with Crippen LogP contribution in [0.3, 0.4) is 0 Å². The van der Waals surface area contributed by atoms with Crippen molar-refractivity contribution in [1.82, 2.24) is 4.90 Å². The number of hydrogen-bond donors (Lipinski definition) is 1. The molecule has 1 aliphatic carbocycles. The molecule has 1 amide bonds. The van der Waals surface area contributed by atoms with Gasteiger partial charge in [0.2, 0.25) is 5.91 Å². The van der Waals surface area contributed by atoms with Gasteiger partial charge in [-0.2, -0.15) is 0 Å². The fraction of sp³-hybridized carbons (Fsp3) is 0.714. The van der Waals surface area contributed by atoms with E-state index in [9.17, 15) is 9.59 Å². The largest absolute Gasteiger partial charge is 0.481 e. The zero-order chi connectivity index (χ0) is 13.0. The normalized spacial score (nSPS) is 26.8. The summed E-state index contributed by atoms with van der Waals surface area (Å²) in [5.74, 6) is 0.306. The van der Waals surface area contributed by atoms with E-state index in [-0.39, 0.29) is 12.3 Å². The Hall–Kier alpha value is -1.32. The predicted octanol–water partition coefficient (Wildman–Crippen LogP) is 2.06. The zero-order valence-electron chi connectivity index (χ0n) is 10.7. The van der Waals surface area contributed by atoms with Gasteiger partial charge in [-0.25, -0.2) is 0 Å². The molecule has 100 valence electrons. The molecular formula is C14H21NO3. The van der Waals surface area contributed by atoms with Crippen molar-refractivity contribution in [1.29, 1.82) is 0 Å². The summed E-state index contributed by atoms with van der Waals surface area (Å²) in [6.07, 6.45) is 9.00. The van der Waals surface area contributed by atoms with Crippen molar-refractivity contribution in [3.05, 3.63) is 12.2 Å². The number of allylic oxidation sites excluding steroid dienone is 2. The van der Waals surface area contributed by atoms with E-state index in [4.69, 9.17) is 5.11 Å². The molecule has 0 aromatic heterocycles. The summed E-state index contributed by atoms with van der Waals surface area (Å²) < 4.78 is 0. The Kier molecular flexibility index (Phi) is 4.39. The first-order valence-corrected chi connectivity index (χ1v) is 6.81. The fourth-order valence-electron chi connectivity index (χ4n) is 2.84. The van der Waals surface area contributed by atoms with Crippen LogP contribution in [0.25, 0.3) is 0 Å². The Morgan fingerprint density at radius 3 is 2.83 bits per heavy atom. The second kappa shape index (κ2) is 6.03. The predicted molar refractivity (Wildman–Crippen MR) is 68.0 cm³/mol. The minimum atomic E-state index is -0.740. The van der Waals surface area contributed by atoms with Gasteiger partial charge in [-0.15, -0.1) is 0 Å². The van der Waals surface area contributed by atoms with Crippen molar-refractivity contribution in [3.8, 4) is 0 Å². The van der Waals surface area contributed by atoms with E-state index in [0.29, 0.717) is 24.7 Å². The highest BCUT2D eigenvalue weighted by Gasteiger charge is 2.27. The summed E-state index contributed by atoms with van der Waals surface area (Å²) in [5.41, 5.74) is 0. The van der Waals surface area contributed by atoms with E-state index in [2.05, 4.69) is 12.2 Å². The third kappa shape index (κ3) is 3.59. The van der Waals surface area contributed by atoms with Crippen molar-refractivity contribution < 1.29 is 14.7 Å². The molecule has 0 spiro atoms. The molecule has 0 bridgehead atoms. The van der Waals surface area contributed by atoms with E-state index < -0.39 is 5.97 Å². The lowest BCUT2D eigenvalue weighted by Gasteiger charge is -2.18. The number of carboxylic acid groups (broad SMARTS) is 1. The lowest BCUT2D eigenvalue weighted by atomic mass is 10.0. The van der Waals surface area contributed by atoms with E-state index in [1.54, 1.807) is 0 Å². The lowest BCUT2D eigenvalue weighted by molar-refractivity contribution is -0.137. The summed E-state index contributed by atoms with van der Waals surface area (Å²) >= 11 is 0. The number of carbonyl (C=O) groups is 2. The summed E-state index contributed by atoms with van der Waals surface area (Å²) in [6, 6.07) is 0. The van der Waals surface area contributed by atoms with Crippen LogP contribution in [-0.4, -0.2) is 35.0 Å². The molecule has 0 aromatic rings. The topological polar surface area (TPSA) is 57.6 Å². The first-order valence-electron chi connectivity index (χ1n) is 6.81. The average Bonchev–Trinajstić information content (AvgIpc) is 2.96. The van der Waals surface area contributed by atoms with Crippen LogP contribution < -0.4 is 0 Å². The van der Waals surface area contributed by atoms with E-state index >= 15 is 0 Å². The number of amides is 1. The number of nitrogens with zero attached hydrogens (tertiary/aromatic N) is 1. The van der Waals surface area contributed by atoms with Crippen molar-refractivity contribution in [2.24, 2.45) is 11.8 Å². The van der Waals surface area contributed by atoms with Gasteiger partial charge in [-0.3, -0.25) is 9.59 Å². The maximum atomic E-state index is 12.1. The molecule has 1 heterocycles. The molecule has 0 aromatic carbocycles. The second-order valence-electron chi connectivity index (χ2n) is 5.40. The van der Waals surface area contributed by atoms with Gasteiger partial charge < -0.3 is 10.0 Å². The van der Waals surface area contributed by atoms with Gasteiger partial charge in [0.1, 0.15) is 0 Å². The third-order valence-electron chi connectivity index (χ3n) is 3.95. The Balaban J connectivity index is 1.72. The van der Waals surface area contributed by atoms with Gasteiger partial charge in [-0.05, 0) is 37.5 Å². The molecule has 2 rings (SSSR count). The highest BCUT2D eigenvalue weighted by molar-refractivity contribution is 5.77. The second-order valence-corrected chi connectivity index (χ2v) is 5.40. The van der Waals surface area contributed by atoms with Crippen LogP contribution in [0, 0.1) is 11.8 Å². The molecule has 2 unspecified atom stereocenters. The highest BCUT2D eigenvalue weighted by atomic mass is 16.4. The summed E-state index contributed by atoms with van der Waals surface area (Å²) in [6.45, 7) is 1.56. The molecule has 1 aliphatic heterocycles. The standard InChI is InChI=1S/C14H21NO3/c16-13(9-11-3-1-2-4-11)15-8-7-12(10-15)5-6-14(17)18/h1,3,11-12H,2,4-10H2,(H,17,18). The van der Waals surface area contributed by atoms with Gasteiger partial charge >= 0.3 is 5.97 Å². The fourth-order valence-corrected chi connectivity index (χ4v) is 2.84. The van der Waals surface area contributed by atoms with Crippen LogP contribution in [0.2, 0.25) is 0 Å². The maximum Gasteiger partial charge on any atom is 0.303 e. The third-order valence-corrected chi connectivity index (χ3v) is 3.95. The minimum absolute atomic E-state index is 0.220. The Labute approximate surface area is 108 Å². The van der Waals surface area contributed by atoms with Crippen LogP contribution in [0.15, 0.2) is 12.2 Å². The van der Waals surface area contributed by atoms with Crippen LogP contribution in [0.5, 0.6) is 0 Å². The quantitative estimate of drug-likeness (QED) is 0.761. The number of rotatable bonds is 5. The average molecular weight is 251 g/mol. The zero-order valence-corrected chi connectivity index (χ0v) is 10.7. The number of hydrogen-bond acceptors (Lipinski definition) is 2. The number of aliphatic carboxylic acids is 1. The molecule has 1 N–H and O–H groups in total. The van der Waals surface area contributed by atoms with Gasteiger partial charge in [0.25, 0.3) is 0 Å². The van der Waals surface area contributed by atoms with Gasteiger partial charge in [0.05, 0.1) is 0 Å². The molecule has 1 fully saturated rings. The van der Waals surface area contributed by atoms with Crippen molar-refractivity contribution in [2.75, 3.05) is 13.1 Å². The van der Waals surface area contributed by atoms with Crippen LogP contribution in [0.1, 0.15) is 38.5 Å². The Bertz CT molecular complexity index is 351. The highest BCUT2D eigenvalue weighted by Crippen LogP contribution is 2.25. The van der Waals surface area contributed by atoms with E-state index in [0.717, 1.165) is 32.4 Å². The number of carboxylic acids is 1. The van der Waals surface area contributed by atoms with Crippen molar-refractivity contribution in [3.63, 3.8) is 0 Å². The van der Waals surface area contributed by atoms with Crippen LogP contribution in [-0.2, 0) is 9.59 Å². The van der Waals surface area contributed by atoms with Crippen LogP contribution >= 0.6 is 0 Å². The first-order chi connectivity index (χ1) is 8.65. The molecule has 0 saturated carbocycles. The molecule has 2 atom stereocenters. The minimum Gasteiger partial charge on any atom is -0.481 e. The van der Waals surface area contributed by atoms with E-state index in [1.165, 1.54) is 0 Å². The first kappa shape index (κ1) is 13.1. The van der Waals surface area contributed by atoms with Gasteiger partial charge in [0.15, 0.2) is 0 Å².